The molecule has 2 aliphatic carbocycles. The maximum atomic E-state index is 6.66. The van der Waals surface area contributed by atoms with Crippen molar-refractivity contribution in [2.75, 3.05) is 0 Å². The molecule has 47 heavy (non-hydrogen) atoms. The fraction of sp³-hybridized carbons (Fsp3) is 0.163. The molecule has 3 nitrogen and oxygen atoms in total. The molecule has 1 aromatic heterocycles. The highest BCUT2D eigenvalue weighted by molar-refractivity contribution is 6.62. The highest BCUT2D eigenvalue weighted by Gasteiger charge is 2.54. The maximum Gasteiger partial charge on any atom is 0.494 e. The Labute approximate surface area is 274 Å². The van der Waals surface area contributed by atoms with Crippen molar-refractivity contribution in [1.29, 1.82) is 0 Å². The molecule has 2 heterocycles. The molecule has 6 aromatic carbocycles. The Morgan fingerprint density at radius 1 is 0.426 bits per heavy atom. The Morgan fingerprint density at radius 2 is 0.957 bits per heavy atom. The lowest BCUT2D eigenvalue weighted by molar-refractivity contribution is 0.00578. The van der Waals surface area contributed by atoms with E-state index in [1.807, 2.05) is 6.07 Å². The molecule has 0 N–H and O–H groups in total. The van der Waals surface area contributed by atoms with Gasteiger partial charge >= 0.3 is 7.12 Å². The summed E-state index contributed by atoms with van der Waals surface area (Å²) in [6.45, 7) is 8.47. The highest BCUT2D eigenvalue weighted by Crippen LogP contribution is 2.62. The minimum atomic E-state index is -0.621. The van der Waals surface area contributed by atoms with Crippen molar-refractivity contribution in [2.24, 2.45) is 0 Å². The molecular weight excluding hydrogens is 575 g/mol. The second-order valence-corrected chi connectivity index (χ2v) is 14.3. The average Bonchev–Trinajstić information content (AvgIpc) is 3.64. The summed E-state index contributed by atoms with van der Waals surface area (Å²) in [5.74, 6) is 0. The van der Waals surface area contributed by atoms with E-state index in [1.54, 1.807) is 0 Å². The van der Waals surface area contributed by atoms with E-state index < -0.39 is 23.7 Å². The summed E-state index contributed by atoms with van der Waals surface area (Å²) in [5, 5.41) is 2.28. The molecule has 4 heteroatoms. The number of hydrogen-bond acceptors (Lipinski definition) is 3. The molecule has 1 saturated heterocycles. The summed E-state index contributed by atoms with van der Waals surface area (Å²) in [6.07, 6.45) is 0. The Balaban J connectivity index is 1.37. The lowest BCUT2D eigenvalue weighted by Gasteiger charge is -2.35. The zero-order valence-electron chi connectivity index (χ0n) is 26.9. The van der Waals surface area contributed by atoms with Crippen LogP contribution in [0.5, 0.6) is 0 Å². The standard InChI is InChI=1S/C43H33BO3/c1-41(2)42(3,4)47-44(46-41)26-21-22-31-28-14-6-5-13-27(28)29-15-7-10-18-35(29)43(37(31)23-26)36-19-11-8-16-30(36)33-24-34-32-17-9-12-20-39(32)45-40(34)25-38(33)43/h5-25H,1-4H3. The number of para-hydroxylation sites is 1. The summed E-state index contributed by atoms with van der Waals surface area (Å²) in [5.41, 5.74) is 13.7. The molecule has 1 unspecified atom stereocenters. The van der Waals surface area contributed by atoms with Gasteiger partial charge in [-0.3, -0.25) is 0 Å². The van der Waals surface area contributed by atoms with Gasteiger partial charge < -0.3 is 13.7 Å². The first kappa shape index (κ1) is 27.2. The summed E-state index contributed by atoms with van der Waals surface area (Å²) in [6, 6.07) is 46.7. The fourth-order valence-electron chi connectivity index (χ4n) is 8.45. The van der Waals surface area contributed by atoms with Crippen molar-refractivity contribution in [3.63, 3.8) is 0 Å². The van der Waals surface area contributed by atoms with Gasteiger partial charge in [0.05, 0.1) is 16.6 Å². The monoisotopic (exact) mass is 608 g/mol. The molecule has 1 spiro atoms. The minimum absolute atomic E-state index is 0.444. The predicted molar refractivity (Wildman–Crippen MR) is 191 cm³/mol. The molecule has 10 rings (SSSR count). The molecule has 1 aliphatic heterocycles. The van der Waals surface area contributed by atoms with Crippen LogP contribution in [0, 0.1) is 0 Å². The van der Waals surface area contributed by atoms with Crippen molar-refractivity contribution in [3.8, 4) is 33.4 Å². The van der Waals surface area contributed by atoms with Crippen molar-refractivity contribution in [3.05, 3.63) is 150 Å². The molecule has 0 amide bonds. The minimum Gasteiger partial charge on any atom is -0.456 e. The van der Waals surface area contributed by atoms with E-state index in [2.05, 4.69) is 149 Å². The van der Waals surface area contributed by atoms with Gasteiger partial charge in [0, 0.05) is 10.8 Å². The van der Waals surface area contributed by atoms with Gasteiger partial charge in [-0.1, -0.05) is 109 Å². The first-order chi connectivity index (χ1) is 22.8. The van der Waals surface area contributed by atoms with E-state index in [-0.39, 0.29) is 0 Å². The van der Waals surface area contributed by atoms with Crippen LogP contribution in [0.15, 0.2) is 132 Å². The zero-order chi connectivity index (χ0) is 31.7. The van der Waals surface area contributed by atoms with Gasteiger partial charge in [-0.15, -0.1) is 0 Å². The highest BCUT2D eigenvalue weighted by atomic mass is 16.7. The van der Waals surface area contributed by atoms with Crippen LogP contribution < -0.4 is 5.46 Å². The van der Waals surface area contributed by atoms with Crippen LogP contribution in [-0.2, 0) is 14.7 Å². The molecule has 1 fully saturated rings. The average molecular weight is 609 g/mol. The lowest BCUT2D eigenvalue weighted by Crippen LogP contribution is -2.41. The Morgan fingerprint density at radius 3 is 1.64 bits per heavy atom. The third kappa shape index (κ3) is 3.44. The van der Waals surface area contributed by atoms with Crippen LogP contribution in [0.25, 0.3) is 55.3 Å². The largest absolute Gasteiger partial charge is 0.494 e. The van der Waals surface area contributed by atoms with Crippen molar-refractivity contribution in [2.45, 2.75) is 44.3 Å². The van der Waals surface area contributed by atoms with Crippen LogP contribution in [0.3, 0.4) is 0 Å². The third-order valence-electron chi connectivity index (χ3n) is 11.4. The fourth-order valence-corrected chi connectivity index (χ4v) is 8.45. The van der Waals surface area contributed by atoms with Gasteiger partial charge in [-0.25, -0.2) is 0 Å². The molecule has 0 saturated carbocycles. The van der Waals surface area contributed by atoms with Gasteiger partial charge in [0.25, 0.3) is 0 Å². The number of benzene rings is 6. The van der Waals surface area contributed by atoms with Gasteiger partial charge in [-0.05, 0) is 107 Å². The lowest BCUT2D eigenvalue weighted by atomic mass is 9.64. The topological polar surface area (TPSA) is 31.6 Å². The third-order valence-corrected chi connectivity index (χ3v) is 11.4. The summed E-state index contributed by atoms with van der Waals surface area (Å²) >= 11 is 0. The number of fused-ring (bicyclic) bond motifs is 15. The number of rotatable bonds is 1. The van der Waals surface area contributed by atoms with Crippen LogP contribution in [0.4, 0.5) is 0 Å². The second-order valence-electron chi connectivity index (χ2n) is 14.3. The summed E-state index contributed by atoms with van der Waals surface area (Å²) < 4.78 is 19.9. The van der Waals surface area contributed by atoms with Crippen LogP contribution in [0.1, 0.15) is 49.9 Å². The quantitative estimate of drug-likeness (QED) is 0.174. The summed E-state index contributed by atoms with van der Waals surface area (Å²) in [7, 11) is -0.481. The van der Waals surface area contributed by atoms with Gasteiger partial charge in [0.2, 0.25) is 0 Å². The molecular formula is C43H33BO3. The van der Waals surface area contributed by atoms with Gasteiger partial charge in [0.15, 0.2) is 0 Å². The van der Waals surface area contributed by atoms with E-state index in [0.29, 0.717) is 0 Å². The maximum absolute atomic E-state index is 6.66. The van der Waals surface area contributed by atoms with E-state index in [4.69, 9.17) is 13.7 Å². The normalized spacial score (nSPS) is 19.7. The Kier molecular flexibility index (Phi) is 5.29. The first-order valence-electron chi connectivity index (χ1n) is 16.5. The molecule has 1 atom stereocenters. The zero-order valence-corrected chi connectivity index (χ0v) is 26.9. The Hall–Kier alpha value is -4.90. The van der Waals surface area contributed by atoms with Crippen LogP contribution in [0.2, 0.25) is 0 Å². The smallest absolute Gasteiger partial charge is 0.456 e. The van der Waals surface area contributed by atoms with Crippen molar-refractivity contribution >= 4 is 34.5 Å². The van der Waals surface area contributed by atoms with E-state index in [1.165, 1.54) is 55.6 Å². The van der Waals surface area contributed by atoms with Crippen molar-refractivity contribution in [1.82, 2.24) is 0 Å². The summed E-state index contributed by atoms with van der Waals surface area (Å²) in [4.78, 5) is 0. The SMILES string of the molecule is CC1(C)OB(c2ccc3c(c2)C2(c4ccccc4-c4ccccc4-3)c3ccccc3-c3cc4c(cc32)oc2ccccc24)OC1(C)C. The first-order valence-corrected chi connectivity index (χ1v) is 16.5. The number of furan rings is 1. The molecule has 0 radical (unpaired) electrons. The second kappa shape index (κ2) is 9.13. The van der Waals surface area contributed by atoms with Crippen LogP contribution in [-0.4, -0.2) is 18.3 Å². The van der Waals surface area contributed by atoms with E-state index >= 15 is 0 Å². The Bertz CT molecular complexity index is 2430. The van der Waals surface area contributed by atoms with E-state index in [0.717, 1.165) is 27.4 Å². The molecule has 226 valence electrons. The van der Waals surface area contributed by atoms with Gasteiger partial charge in [-0.2, -0.15) is 0 Å². The molecule has 7 aromatic rings. The molecule has 3 aliphatic rings. The van der Waals surface area contributed by atoms with Crippen LogP contribution >= 0.6 is 0 Å². The van der Waals surface area contributed by atoms with Gasteiger partial charge in [0.1, 0.15) is 11.2 Å². The predicted octanol–water partition coefficient (Wildman–Crippen LogP) is 9.90. The number of hydrogen-bond donors (Lipinski definition) is 0. The van der Waals surface area contributed by atoms with E-state index in [9.17, 15) is 0 Å². The molecule has 0 bridgehead atoms. The van der Waals surface area contributed by atoms with Crippen molar-refractivity contribution < 1.29 is 13.7 Å².